The summed E-state index contributed by atoms with van der Waals surface area (Å²) in [5, 5.41) is 10.7. The number of carbonyl (C=O) groups is 1. The molecule has 2 aromatic heterocycles. The van der Waals surface area contributed by atoms with E-state index in [1.54, 1.807) is 17.2 Å². The Morgan fingerprint density at radius 3 is 3.00 bits per heavy atom. The summed E-state index contributed by atoms with van der Waals surface area (Å²) in [4.78, 5) is 19.1. The van der Waals surface area contributed by atoms with Crippen LogP contribution in [0, 0.1) is 5.92 Å². The Bertz CT molecular complexity index is 741. The predicted octanol–water partition coefficient (Wildman–Crippen LogP) is 2.15. The lowest BCUT2D eigenvalue weighted by atomic mass is 10.0. The van der Waals surface area contributed by atoms with Gasteiger partial charge in [0.05, 0.1) is 6.61 Å². The summed E-state index contributed by atoms with van der Waals surface area (Å²) in [6.07, 6.45) is 7.14. The van der Waals surface area contributed by atoms with Gasteiger partial charge in [0, 0.05) is 39.0 Å². The van der Waals surface area contributed by atoms with Crippen molar-refractivity contribution in [2.24, 2.45) is 5.92 Å². The molecule has 2 aromatic rings. The topological polar surface area (TPSA) is 106 Å². The van der Waals surface area contributed by atoms with E-state index in [1.165, 1.54) is 0 Å². The van der Waals surface area contributed by atoms with E-state index >= 15 is 0 Å². The number of likely N-dealkylation sites (tertiary alicyclic amines) is 1. The van der Waals surface area contributed by atoms with Gasteiger partial charge in [0.25, 0.3) is 5.91 Å². The minimum absolute atomic E-state index is 0.0817. The first-order chi connectivity index (χ1) is 13.8. The van der Waals surface area contributed by atoms with Crippen LogP contribution in [0.4, 0.5) is 0 Å². The molecule has 28 heavy (non-hydrogen) atoms. The Labute approximate surface area is 163 Å². The summed E-state index contributed by atoms with van der Waals surface area (Å²) in [7, 11) is 0. The fourth-order valence-electron chi connectivity index (χ4n) is 3.79. The van der Waals surface area contributed by atoms with Crippen LogP contribution in [0.5, 0.6) is 0 Å². The summed E-state index contributed by atoms with van der Waals surface area (Å²) in [5.74, 6) is 1.63. The van der Waals surface area contributed by atoms with Gasteiger partial charge in [0.1, 0.15) is 11.7 Å². The summed E-state index contributed by atoms with van der Waals surface area (Å²) in [5.41, 5.74) is 0.480. The Balaban J connectivity index is 1.31. The molecule has 4 heterocycles. The number of ether oxygens (including phenoxy) is 2. The molecule has 2 fully saturated rings. The van der Waals surface area contributed by atoms with Crippen molar-refractivity contribution in [2.75, 3.05) is 33.0 Å². The van der Waals surface area contributed by atoms with Crippen molar-refractivity contribution in [1.82, 2.24) is 25.2 Å². The first kappa shape index (κ1) is 19.1. The van der Waals surface area contributed by atoms with Gasteiger partial charge in [-0.15, -0.1) is 0 Å². The van der Waals surface area contributed by atoms with Crippen LogP contribution < -0.4 is 0 Å². The molecule has 1 amide bonds. The molecule has 152 valence electrons. The van der Waals surface area contributed by atoms with E-state index in [9.17, 15) is 4.79 Å². The number of hydrogen-bond donors (Lipinski definition) is 1. The lowest BCUT2D eigenvalue weighted by Crippen LogP contribution is -2.38. The normalized spacial score (nSPS) is 21.1. The van der Waals surface area contributed by atoms with Crippen molar-refractivity contribution in [1.29, 1.82) is 0 Å². The van der Waals surface area contributed by atoms with E-state index in [2.05, 4.69) is 20.3 Å². The van der Waals surface area contributed by atoms with E-state index in [-0.39, 0.29) is 11.9 Å². The number of amides is 1. The standard InChI is InChI=1S/C19H27N5O4/c25-19(15-4-8-20-22-15)24-9-2-1-3-16(24)18-21-17(23-28-18)7-12-27-13-14-5-10-26-11-6-14/h4,8,14,16H,1-3,5-7,9-13H2,(H,20,22). The van der Waals surface area contributed by atoms with Crippen LogP contribution in [0.2, 0.25) is 0 Å². The Hall–Kier alpha value is -2.26. The van der Waals surface area contributed by atoms with Crippen molar-refractivity contribution in [3.63, 3.8) is 0 Å². The number of H-pyrrole nitrogens is 1. The molecule has 0 aliphatic carbocycles. The maximum atomic E-state index is 12.7. The van der Waals surface area contributed by atoms with Crippen molar-refractivity contribution in [3.05, 3.63) is 29.7 Å². The third-order valence-electron chi connectivity index (χ3n) is 5.43. The summed E-state index contributed by atoms with van der Waals surface area (Å²) < 4.78 is 16.6. The molecular weight excluding hydrogens is 362 g/mol. The molecule has 1 N–H and O–H groups in total. The maximum Gasteiger partial charge on any atom is 0.272 e. The monoisotopic (exact) mass is 389 g/mol. The van der Waals surface area contributed by atoms with E-state index < -0.39 is 0 Å². The average Bonchev–Trinajstić information content (AvgIpc) is 3.44. The van der Waals surface area contributed by atoms with Crippen molar-refractivity contribution >= 4 is 5.91 Å². The van der Waals surface area contributed by atoms with Gasteiger partial charge >= 0.3 is 0 Å². The molecule has 2 aliphatic rings. The molecule has 4 rings (SSSR count). The molecule has 9 heteroatoms. The van der Waals surface area contributed by atoms with Gasteiger partial charge in [-0.1, -0.05) is 5.16 Å². The second kappa shape index (κ2) is 9.29. The fourth-order valence-corrected chi connectivity index (χ4v) is 3.79. The molecular formula is C19H27N5O4. The minimum Gasteiger partial charge on any atom is -0.381 e. The zero-order valence-corrected chi connectivity index (χ0v) is 16.0. The maximum absolute atomic E-state index is 12.7. The molecule has 9 nitrogen and oxygen atoms in total. The smallest absolute Gasteiger partial charge is 0.272 e. The SMILES string of the molecule is O=C(c1ccn[nH]1)N1CCCCC1c1nc(CCOCC2CCOCC2)no1. The predicted molar refractivity (Wildman–Crippen MR) is 98.6 cm³/mol. The van der Waals surface area contributed by atoms with Crippen molar-refractivity contribution in [2.45, 2.75) is 44.6 Å². The number of rotatable bonds is 7. The summed E-state index contributed by atoms with van der Waals surface area (Å²) >= 11 is 0. The first-order valence-corrected chi connectivity index (χ1v) is 10.1. The lowest BCUT2D eigenvalue weighted by molar-refractivity contribution is 0.0211. The van der Waals surface area contributed by atoms with E-state index in [0.717, 1.165) is 51.9 Å². The molecule has 0 bridgehead atoms. The Morgan fingerprint density at radius 1 is 1.29 bits per heavy atom. The van der Waals surface area contributed by atoms with Crippen LogP contribution >= 0.6 is 0 Å². The molecule has 0 saturated carbocycles. The zero-order valence-electron chi connectivity index (χ0n) is 16.0. The van der Waals surface area contributed by atoms with E-state index in [0.29, 0.717) is 42.9 Å². The molecule has 1 atom stereocenters. The number of aromatic nitrogens is 4. The summed E-state index contributed by atoms with van der Waals surface area (Å²) in [6, 6.07) is 1.50. The van der Waals surface area contributed by atoms with Gasteiger partial charge in [-0.25, -0.2) is 0 Å². The van der Waals surface area contributed by atoms with Crippen LogP contribution in [-0.4, -0.2) is 64.1 Å². The molecule has 1 unspecified atom stereocenters. The lowest BCUT2D eigenvalue weighted by Gasteiger charge is -2.32. The molecule has 2 aliphatic heterocycles. The van der Waals surface area contributed by atoms with Gasteiger partial charge < -0.3 is 18.9 Å². The van der Waals surface area contributed by atoms with Crippen molar-refractivity contribution < 1.29 is 18.8 Å². The van der Waals surface area contributed by atoms with Crippen LogP contribution in [-0.2, 0) is 15.9 Å². The minimum atomic E-state index is -0.186. The highest BCUT2D eigenvalue weighted by Crippen LogP contribution is 2.31. The molecule has 0 radical (unpaired) electrons. The van der Waals surface area contributed by atoms with Gasteiger partial charge in [0.15, 0.2) is 5.82 Å². The third kappa shape index (κ3) is 4.59. The fraction of sp³-hybridized carbons (Fsp3) is 0.684. The number of carbonyl (C=O) groups excluding carboxylic acids is 1. The van der Waals surface area contributed by atoms with Gasteiger partial charge in [-0.3, -0.25) is 9.89 Å². The Kier molecular flexibility index (Phi) is 6.33. The van der Waals surface area contributed by atoms with E-state index in [1.807, 2.05) is 0 Å². The van der Waals surface area contributed by atoms with Crippen LogP contribution in [0.3, 0.4) is 0 Å². The van der Waals surface area contributed by atoms with Crippen LogP contribution in [0.15, 0.2) is 16.8 Å². The largest absolute Gasteiger partial charge is 0.381 e. The van der Waals surface area contributed by atoms with Gasteiger partial charge in [-0.05, 0) is 44.1 Å². The number of hydrogen-bond acceptors (Lipinski definition) is 7. The third-order valence-corrected chi connectivity index (χ3v) is 5.43. The Morgan fingerprint density at radius 2 is 2.18 bits per heavy atom. The molecule has 2 saturated heterocycles. The van der Waals surface area contributed by atoms with E-state index in [4.69, 9.17) is 14.0 Å². The highest BCUT2D eigenvalue weighted by atomic mass is 16.5. The average molecular weight is 389 g/mol. The first-order valence-electron chi connectivity index (χ1n) is 10.1. The summed E-state index contributed by atoms with van der Waals surface area (Å²) in [6.45, 7) is 3.66. The second-order valence-electron chi connectivity index (χ2n) is 7.41. The quantitative estimate of drug-likeness (QED) is 0.723. The number of nitrogens with zero attached hydrogens (tertiary/aromatic N) is 4. The highest BCUT2D eigenvalue weighted by molar-refractivity contribution is 5.92. The second-order valence-corrected chi connectivity index (χ2v) is 7.41. The number of piperidine rings is 1. The highest BCUT2D eigenvalue weighted by Gasteiger charge is 2.33. The van der Waals surface area contributed by atoms with Crippen LogP contribution in [0.1, 0.15) is 60.3 Å². The van der Waals surface area contributed by atoms with Gasteiger partial charge in [0.2, 0.25) is 5.89 Å². The molecule has 0 spiro atoms. The van der Waals surface area contributed by atoms with Crippen LogP contribution in [0.25, 0.3) is 0 Å². The number of aromatic amines is 1. The number of nitrogens with one attached hydrogen (secondary N) is 1. The zero-order chi connectivity index (χ0) is 19.2. The molecule has 0 aromatic carbocycles. The van der Waals surface area contributed by atoms with Gasteiger partial charge in [-0.2, -0.15) is 10.1 Å². The van der Waals surface area contributed by atoms with Crippen molar-refractivity contribution in [3.8, 4) is 0 Å².